The summed E-state index contributed by atoms with van der Waals surface area (Å²) >= 11 is 1.62. The number of nitrogens with one attached hydrogen (secondary N) is 1. The first-order valence-corrected chi connectivity index (χ1v) is 13.5. The lowest BCUT2D eigenvalue weighted by molar-refractivity contribution is -0.111. The third-order valence-electron chi connectivity index (χ3n) is 6.46. The standard InChI is InChI=1S/C24H25FN2O4S2/c1-24(2)19(10-21(31-24)22-18-5-4-15(25)9-20(18)26-23(22)28)14-8-17(32-12-14)11-27(3)16-6-7-33(29,30)13-16/h4-5,8-10,12,16H,6-7,11,13H2,1-3H3,(H,26,28). The van der Waals surface area contributed by atoms with Gasteiger partial charge in [0, 0.05) is 28.6 Å². The van der Waals surface area contributed by atoms with E-state index in [4.69, 9.17) is 4.74 Å². The number of carbonyl (C=O) groups is 1. The van der Waals surface area contributed by atoms with Gasteiger partial charge in [0.15, 0.2) is 9.84 Å². The highest BCUT2D eigenvalue weighted by Crippen LogP contribution is 2.45. The molecule has 0 saturated carbocycles. The second-order valence-corrected chi connectivity index (χ2v) is 12.6. The van der Waals surface area contributed by atoms with Gasteiger partial charge in [-0.15, -0.1) is 11.3 Å². The van der Waals surface area contributed by atoms with Crippen molar-refractivity contribution in [2.45, 2.75) is 38.5 Å². The van der Waals surface area contributed by atoms with Gasteiger partial charge in [-0.2, -0.15) is 0 Å². The predicted octanol–water partition coefficient (Wildman–Crippen LogP) is 4.06. The van der Waals surface area contributed by atoms with Crippen LogP contribution in [-0.2, 0) is 25.9 Å². The lowest BCUT2D eigenvalue weighted by Gasteiger charge is -2.23. The van der Waals surface area contributed by atoms with Crippen LogP contribution < -0.4 is 5.32 Å². The quantitative estimate of drug-likeness (QED) is 0.657. The van der Waals surface area contributed by atoms with E-state index >= 15 is 0 Å². The van der Waals surface area contributed by atoms with Crippen molar-refractivity contribution in [3.05, 3.63) is 63.3 Å². The highest BCUT2D eigenvalue weighted by molar-refractivity contribution is 7.91. The van der Waals surface area contributed by atoms with Crippen LogP contribution in [-0.4, -0.2) is 49.4 Å². The number of ether oxygens (including phenoxy) is 1. The Kier molecular flexibility index (Phi) is 5.26. The van der Waals surface area contributed by atoms with E-state index < -0.39 is 21.3 Å². The fourth-order valence-electron chi connectivity index (χ4n) is 4.71. The number of thiophene rings is 1. The molecule has 1 atom stereocenters. The maximum Gasteiger partial charge on any atom is 0.260 e. The van der Waals surface area contributed by atoms with Crippen molar-refractivity contribution in [2.24, 2.45) is 0 Å². The number of allylic oxidation sites excluding steroid dienone is 1. The Morgan fingerprint density at radius 3 is 2.82 bits per heavy atom. The van der Waals surface area contributed by atoms with E-state index in [0.29, 0.717) is 35.5 Å². The summed E-state index contributed by atoms with van der Waals surface area (Å²) in [6.45, 7) is 4.59. The van der Waals surface area contributed by atoms with Crippen LogP contribution in [0.4, 0.5) is 10.1 Å². The van der Waals surface area contributed by atoms with Crippen molar-refractivity contribution in [1.29, 1.82) is 0 Å². The van der Waals surface area contributed by atoms with Crippen LogP contribution in [0.2, 0.25) is 0 Å². The van der Waals surface area contributed by atoms with Crippen molar-refractivity contribution in [3.63, 3.8) is 0 Å². The summed E-state index contributed by atoms with van der Waals surface area (Å²) in [5.74, 6) is 0.238. The minimum absolute atomic E-state index is 0.0492. The number of halogens is 1. The molecule has 9 heteroatoms. The Hall–Kier alpha value is -2.49. The molecule has 6 nitrogen and oxygen atoms in total. The second kappa shape index (κ2) is 7.78. The molecule has 4 heterocycles. The van der Waals surface area contributed by atoms with Gasteiger partial charge >= 0.3 is 0 Å². The van der Waals surface area contributed by atoms with Crippen LogP contribution in [0.15, 0.2) is 41.5 Å². The molecule has 5 rings (SSSR count). The Morgan fingerprint density at radius 2 is 2.09 bits per heavy atom. The normalized spacial score (nSPS) is 25.2. The van der Waals surface area contributed by atoms with Gasteiger partial charge in [-0.3, -0.25) is 9.69 Å². The van der Waals surface area contributed by atoms with Crippen LogP contribution in [0.5, 0.6) is 0 Å². The number of amides is 1. The third kappa shape index (κ3) is 4.13. The van der Waals surface area contributed by atoms with Gasteiger partial charge in [-0.25, -0.2) is 12.8 Å². The number of nitrogens with zero attached hydrogens (tertiary/aromatic N) is 1. The Morgan fingerprint density at radius 1 is 1.30 bits per heavy atom. The zero-order valence-corrected chi connectivity index (χ0v) is 20.3. The fraction of sp³-hybridized carbons (Fsp3) is 0.375. The summed E-state index contributed by atoms with van der Waals surface area (Å²) in [7, 11) is -0.954. The third-order valence-corrected chi connectivity index (χ3v) is 9.14. The second-order valence-electron chi connectivity index (χ2n) is 9.33. The molecule has 0 bridgehead atoms. The highest BCUT2D eigenvalue weighted by Gasteiger charge is 2.38. The molecule has 174 valence electrons. The van der Waals surface area contributed by atoms with Crippen LogP contribution in [0, 0.1) is 5.82 Å². The van der Waals surface area contributed by atoms with E-state index in [9.17, 15) is 17.6 Å². The predicted molar refractivity (Wildman–Crippen MR) is 128 cm³/mol. The van der Waals surface area contributed by atoms with Crippen molar-refractivity contribution in [3.8, 4) is 0 Å². The first kappa shape index (κ1) is 22.3. The number of hydrogen-bond donors (Lipinski definition) is 1. The van der Waals surface area contributed by atoms with E-state index in [2.05, 4.69) is 21.7 Å². The Labute approximate surface area is 196 Å². The summed E-state index contributed by atoms with van der Waals surface area (Å²) < 4.78 is 43.4. The molecule has 0 aliphatic carbocycles. The lowest BCUT2D eigenvalue weighted by atomic mass is 9.94. The van der Waals surface area contributed by atoms with Gasteiger partial charge in [-0.1, -0.05) is 0 Å². The molecule has 1 amide bonds. The molecule has 3 aliphatic rings. The Balaban J connectivity index is 1.42. The number of hydrogen-bond acceptors (Lipinski definition) is 6. The Bertz CT molecular complexity index is 1320. The molecule has 0 radical (unpaired) electrons. The fourth-order valence-corrected chi connectivity index (χ4v) is 7.46. The molecular formula is C24H25FN2O4S2. The van der Waals surface area contributed by atoms with Crippen molar-refractivity contribution >= 4 is 43.9 Å². The van der Waals surface area contributed by atoms with E-state index in [1.54, 1.807) is 17.4 Å². The topological polar surface area (TPSA) is 75.7 Å². The summed E-state index contributed by atoms with van der Waals surface area (Å²) in [5, 5.41) is 4.78. The maximum atomic E-state index is 13.6. The van der Waals surface area contributed by atoms with E-state index in [-0.39, 0.29) is 23.5 Å². The van der Waals surface area contributed by atoms with Gasteiger partial charge in [0.2, 0.25) is 0 Å². The molecule has 1 N–H and O–H groups in total. The SMILES string of the molecule is CN(Cc1cc(C2=CC(=C3C(=O)Nc4cc(F)ccc43)OC2(C)C)cs1)C1CCS(=O)(=O)C1. The molecule has 1 unspecified atom stereocenters. The van der Waals surface area contributed by atoms with Crippen LogP contribution >= 0.6 is 11.3 Å². The average Bonchev–Trinajstić information content (AvgIpc) is 3.46. The molecule has 1 saturated heterocycles. The van der Waals surface area contributed by atoms with E-state index in [1.807, 2.05) is 27.0 Å². The average molecular weight is 489 g/mol. The van der Waals surface area contributed by atoms with Gasteiger partial charge in [-0.05, 0) is 68.6 Å². The molecule has 3 aliphatic heterocycles. The molecular weight excluding hydrogens is 463 g/mol. The van der Waals surface area contributed by atoms with Crippen LogP contribution in [0.3, 0.4) is 0 Å². The van der Waals surface area contributed by atoms with E-state index in [1.165, 1.54) is 12.1 Å². The van der Waals surface area contributed by atoms with Gasteiger partial charge in [0.05, 0.1) is 22.8 Å². The smallest absolute Gasteiger partial charge is 0.260 e. The summed E-state index contributed by atoms with van der Waals surface area (Å²) in [6.07, 6.45) is 2.57. The monoisotopic (exact) mass is 488 g/mol. The van der Waals surface area contributed by atoms with Crippen molar-refractivity contribution in [2.75, 3.05) is 23.9 Å². The van der Waals surface area contributed by atoms with Gasteiger partial charge < -0.3 is 10.1 Å². The molecule has 2 aromatic rings. The maximum absolute atomic E-state index is 13.6. The largest absolute Gasteiger partial charge is 0.482 e. The number of fused-ring (bicyclic) bond motifs is 1. The summed E-state index contributed by atoms with van der Waals surface area (Å²) in [4.78, 5) is 15.9. The number of anilines is 1. The summed E-state index contributed by atoms with van der Waals surface area (Å²) in [5.41, 5.74) is 2.81. The summed E-state index contributed by atoms with van der Waals surface area (Å²) in [6, 6.07) is 6.39. The van der Waals surface area contributed by atoms with Gasteiger partial charge in [0.1, 0.15) is 17.2 Å². The number of rotatable bonds is 4. The van der Waals surface area contributed by atoms with E-state index in [0.717, 1.165) is 16.0 Å². The highest BCUT2D eigenvalue weighted by atomic mass is 32.2. The lowest BCUT2D eigenvalue weighted by Crippen LogP contribution is -2.31. The first-order valence-electron chi connectivity index (χ1n) is 10.8. The number of carbonyl (C=O) groups excluding carboxylic acids is 1. The minimum Gasteiger partial charge on any atom is -0.482 e. The zero-order valence-electron chi connectivity index (χ0n) is 18.6. The molecule has 1 aromatic heterocycles. The van der Waals surface area contributed by atoms with Crippen molar-refractivity contribution in [1.82, 2.24) is 4.90 Å². The first-order chi connectivity index (χ1) is 15.5. The number of sulfone groups is 1. The minimum atomic E-state index is -2.92. The van der Waals surface area contributed by atoms with Crippen LogP contribution in [0.25, 0.3) is 11.1 Å². The van der Waals surface area contributed by atoms with Gasteiger partial charge in [0.25, 0.3) is 5.91 Å². The zero-order chi connectivity index (χ0) is 23.5. The molecule has 0 spiro atoms. The molecule has 1 aromatic carbocycles. The molecule has 1 fully saturated rings. The van der Waals surface area contributed by atoms with Crippen LogP contribution in [0.1, 0.15) is 36.3 Å². The molecule has 33 heavy (non-hydrogen) atoms. The number of benzene rings is 1. The van der Waals surface area contributed by atoms with Crippen molar-refractivity contribution < 1.29 is 22.3 Å².